The van der Waals surface area contributed by atoms with Gasteiger partial charge in [0.15, 0.2) is 0 Å². The van der Waals surface area contributed by atoms with Crippen molar-refractivity contribution in [1.29, 1.82) is 0 Å². The van der Waals surface area contributed by atoms with Gasteiger partial charge in [0, 0.05) is 57.8 Å². The second-order valence-corrected chi connectivity index (χ2v) is 13.5. The summed E-state index contributed by atoms with van der Waals surface area (Å²) >= 11 is 13.1. The molecule has 0 radical (unpaired) electrons. The number of ether oxygens (including phenoxy) is 1. The number of aliphatic imine (C=N–C) groups is 1. The second kappa shape index (κ2) is 12.6. The number of methoxy groups -OCH3 is 1. The fourth-order valence-corrected chi connectivity index (χ4v) is 6.75. The summed E-state index contributed by atoms with van der Waals surface area (Å²) in [7, 11) is 1.49. The Morgan fingerprint density at radius 2 is 1.76 bits per heavy atom. The van der Waals surface area contributed by atoms with E-state index in [0.29, 0.717) is 63.1 Å². The van der Waals surface area contributed by atoms with Crippen molar-refractivity contribution < 1.29 is 13.9 Å². The number of piperazine rings is 1. The number of hydrogen-bond donors (Lipinski definition) is 2. The van der Waals surface area contributed by atoms with Gasteiger partial charge in [-0.05, 0) is 70.2 Å². The zero-order valence-electron chi connectivity index (χ0n) is 25.6. The molecule has 2 N–H and O–H groups in total. The van der Waals surface area contributed by atoms with Crippen LogP contribution in [-0.2, 0) is 6.54 Å². The lowest BCUT2D eigenvalue weighted by atomic mass is 9.91. The van der Waals surface area contributed by atoms with Gasteiger partial charge < -0.3 is 20.3 Å². The Kier molecular flexibility index (Phi) is 9.14. The first kappa shape index (κ1) is 33.3. The van der Waals surface area contributed by atoms with E-state index in [4.69, 9.17) is 37.9 Å². The van der Waals surface area contributed by atoms with Crippen LogP contribution in [0.5, 0.6) is 5.75 Å². The minimum Gasteiger partial charge on any atom is -0.496 e. The van der Waals surface area contributed by atoms with Crippen LogP contribution in [-0.4, -0.2) is 57.8 Å². The van der Waals surface area contributed by atoms with Gasteiger partial charge in [-0.15, -0.1) is 0 Å². The summed E-state index contributed by atoms with van der Waals surface area (Å²) < 4.78 is 20.7. The molecule has 3 aromatic carbocycles. The third-order valence-corrected chi connectivity index (χ3v) is 8.34. The predicted octanol–water partition coefficient (Wildman–Crippen LogP) is 7.93. The molecule has 2 aliphatic rings. The monoisotopic (exact) mass is 662 g/mol. The number of carbonyl (C=O) groups is 1. The van der Waals surface area contributed by atoms with Crippen molar-refractivity contribution >= 4 is 46.5 Å². The Morgan fingerprint density at radius 1 is 1.02 bits per heavy atom. The molecule has 46 heavy (non-hydrogen) atoms. The molecule has 11 heteroatoms. The van der Waals surface area contributed by atoms with Crippen molar-refractivity contribution in [1.82, 2.24) is 20.2 Å². The average molecular weight is 664 g/mol. The number of carbonyl (C=O) groups excluding carboxylic acids is 1. The molecule has 0 saturated carbocycles. The van der Waals surface area contributed by atoms with E-state index in [1.165, 1.54) is 13.2 Å². The summed E-state index contributed by atoms with van der Waals surface area (Å²) in [5, 5.41) is 7.60. The Hall–Kier alpha value is -4.05. The molecule has 4 aromatic rings. The Balaban J connectivity index is 0.00000417. The number of amides is 1. The van der Waals surface area contributed by atoms with Gasteiger partial charge in [0.05, 0.1) is 41.2 Å². The van der Waals surface area contributed by atoms with Gasteiger partial charge in [0.25, 0.3) is 5.91 Å². The molecule has 240 valence electrons. The van der Waals surface area contributed by atoms with Gasteiger partial charge in [-0.1, -0.05) is 42.8 Å². The van der Waals surface area contributed by atoms with E-state index in [1.54, 1.807) is 48.7 Å². The highest BCUT2D eigenvalue weighted by Gasteiger charge is 2.39. The van der Waals surface area contributed by atoms with Crippen LogP contribution in [0.4, 0.5) is 16.0 Å². The first-order valence-electron chi connectivity index (χ1n) is 14.5. The van der Waals surface area contributed by atoms with E-state index < -0.39 is 5.82 Å². The summed E-state index contributed by atoms with van der Waals surface area (Å²) in [5.41, 5.74) is 3.99. The van der Waals surface area contributed by atoms with E-state index in [0.717, 1.165) is 11.1 Å². The lowest BCUT2D eigenvalue weighted by Gasteiger charge is -2.48. The molecule has 0 bridgehead atoms. The molecule has 8 nitrogen and oxygen atoms in total. The Bertz CT molecular complexity index is 1840. The van der Waals surface area contributed by atoms with Crippen LogP contribution >= 0.6 is 23.2 Å². The number of fused-ring (bicyclic) bond motifs is 3. The number of rotatable bonds is 5. The van der Waals surface area contributed by atoms with Crippen LogP contribution in [0.25, 0.3) is 11.3 Å². The fraction of sp³-hybridized carbons (Fsp3) is 0.314. The molecule has 2 aliphatic heterocycles. The van der Waals surface area contributed by atoms with Crippen molar-refractivity contribution in [2.45, 2.75) is 52.7 Å². The van der Waals surface area contributed by atoms with Gasteiger partial charge >= 0.3 is 0 Å². The van der Waals surface area contributed by atoms with Gasteiger partial charge in [0.1, 0.15) is 11.6 Å². The number of nitrogens with zero attached hydrogens (tertiary/aromatic N) is 4. The van der Waals surface area contributed by atoms with Crippen LogP contribution in [0.2, 0.25) is 10.0 Å². The third-order valence-electron chi connectivity index (χ3n) is 7.79. The van der Waals surface area contributed by atoms with Crippen molar-refractivity contribution in [2.75, 3.05) is 25.5 Å². The van der Waals surface area contributed by atoms with Crippen LogP contribution in [0.1, 0.15) is 62.2 Å². The van der Waals surface area contributed by atoms with E-state index in [1.807, 2.05) is 11.0 Å². The number of anilines is 2. The molecule has 1 amide bonds. The number of hydrogen-bond acceptors (Lipinski definition) is 7. The maximum absolute atomic E-state index is 15.2. The molecule has 0 unspecified atom stereocenters. The molecule has 1 aromatic heterocycles. The smallest absolute Gasteiger partial charge is 0.255 e. The molecule has 1 saturated heterocycles. The Morgan fingerprint density at radius 3 is 2.46 bits per heavy atom. The third kappa shape index (κ3) is 6.58. The maximum atomic E-state index is 15.2. The molecular formula is C35H37Cl2FN6O2. The average Bonchev–Trinajstić information content (AvgIpc) is 3.11. The Labute approximate surface area is 279 Å². The van der Waals surface area contributed by atoms with Gasteiger partial charge in [-0.2, -0.15) is 0 Å². The van der Waals surface area contributed by atoms with Crippen LogP contribution < -0.4 is 15.4 Å². The summed E-state index contributed by atoms with van der Waals surface area (Å²) in [6, 6.07) is 15.2. The van der Waals surface area contributed by atoms with E-state index >= 15 is 4.39 Å². The zero-order chi connectivity index (χ0) is 32.1. The molecule has 0 spiro atoms. The SMILES string of the molecule is C.COc1cccc(F)c1C1=NCc2cnc(Nc3ccc(C(=O)N4CC(C)(C)NC(C)(C)C4)c(Cl)c3)nc2-c2ccc(Cl)cc21. The first-order chi connectivity index (χ1) is 21.3. The zero-order valence-corrected chi connectivity index (χ0v) is 27.1. The number of halogens is 3. The summed E-state index contributed by atoms with van der Waals surface area (Å²) in [6.07, 6.45) is 1.70. The maximum Gasteiger partial charge on any atom is 0.255 e. The lowest BCUT2D eigenvalue weighted by Crippen LogP contribution is -2.67. The number of aromatic nitrogens is 2. The van der Waals surface area contributed by atoms with Crippen LogP contribution in [0, 0.1) is 5.82 Å². The first-order valence-corrected chi connectivity index (χ1v) is 15.3. The fourth-order valence-electron chi connectivity index (χ4n) is 6.32. The number of nitrogens with one attached hydrogen (secondary N) is 2. The van der Waals surface area contributed by atoms with Crippen molar-refractivity contribution in [2.24, 2.45) is 4.99 Å². The lowest BCUT2D eigenvalue weighted by molar-refractivity contribution is 0.0472. The number of benzene rings is 3. The van der Waals surface area contributed by atoms with Crippen molar-refractivity contribution in [3.05, 3.63) is 98.9 Å². The van der Waals surface area contributed by atoms with Crippen LogP contribution in [0.15, 0.2) is 65.8 Å². The quantitative estimate of drug-likeness (QED) is 0.225. The topological polar surface area (TPSA) is 91.7 Å². The molecule has 3 heterocycles. The van der Waals surface area contributed by atoms with E-state index in [9.17, 15) is 4.79 Å². The normalized spacial score (nSPS) is 16.3. The highest BCUT2D eigenvalue weighted by molar-refractivity contribution is 6.34. The minimum atomic E-state index is -0.457. The molecule has 6 rings (SSSR count). The predicted molar refractivity (Wildman–Crippen MR) is 183 cm³/mol. The molecule has 1 fully saturated rings. The van der Waals surface area contributed by atoms with Gasteiger partial charge in [0.2, 0.25) is 5.95 Å². The summed E-state index contributed by atoms with van der Waals surface area (Å²) in [6.45, 7) is 9.68. The van der Waals surface area contributed by atoms with Crippen molar-refractivity contribution in [3.8, 4) is 17.0 Å². The van der Waals surface area contributed by atoms with E-state index in [-0.39, 0.29) is 36.5 Å². The largest absolute Gasteiger partial charge is 0.496 e. The van der Waals surface area contributed by atoms with Crippen LogP contribution in [0.3, 0.4) is 0 Å². The highest BCUT2D eigenvalue weighted by Crippen LogP contribution is 2.36. The molecule has 0 atom stereocenters. The van der Waals surface area contributed by atoms with Crippen molar-refractivity contribution in [3.63, 3.8) is 0 Å². The highest BCUT2D eigenvalue weighted by atomic mass is 35.5. The molecular weight excluding hydrogens is 626 g/mol. The van der Waals surface area contributed by atoms with Gasteiger partial charge in [-0.25, -0.2) is 14.4 Å². The minimum absolute atomic E-state index is 0. The molecule has 0 aliphatic carbocycles. The second-order valence-electron chi connectivity index (χ2n) is 12.6. The standard InChI is InChI=1S/C34H33Cl2FN6O2.CH4/c1-33(2)17-43(18-34(3,4)42-33)31(44)23-12-10-21(14-25(23)36)40-32-39-16-19-15-38-30(28-26(37)7-6-8-27(28)45-5)24-13-20(35)9-11-22(24)29(19)41-32;/h6-14,16,42H,15,17-18H2,1-5H3,(H,39,40,41);1H4. The van der Waals surface area contributed by atoms with Gasteiger partial charge in [-0.3, -0.25) is 9.79 Å². The summed E-state index contributed by atoms with van der Waals surface area (Å²) in [5.74, 6) is 0.110. The van der Waals surface area contributed by atoms with E-state index in [2.05, 4.69) is 43.3 Å². The summed E-state index contributed by atoms with van der Waals surface area (Å²) in [4.78, 5) is 29.5.